The monoisotopic (exact) mass is 262 g/mol. The van der Waals surface area contributed by atoms with Gasteiger partial charge in [-0.15, -0.1) is 0 Å². The van der Waals surface area contributed by atoms with Crippen molar-refractivity contribution in [2.24, 2.45) is 0 Å². The fraction of sp³-hybridized carbons (Fsp3) is 0. The number of thiophene rings is 2. The van der Waals surface area contributed by atoms with E-state index in [-0.39, 0.29) is 0 Å². The van der Waals surface area contributed by atoms with E-state index in [9.17, 15) is 0 Å². The fourth-order valence-corrected chi connectivity index (χ4v) is 6.32. The zero-order chi connectivity index (χ0) is 8.93. The van der Waals surface area contributed by atoms with Crippen LogP contribution < -0.4 is 0 Å². The molecule has 0 saturated heterocycles. The van der Waals surface area contributed by atoms with E-state index >= 15 is 0 Å². The van der Waals surface area contributed by atoms with E-state index in [2.05, 4.69) is 33.7 Å². The molecule has 0 bridgehead atoms. The predicted octanol–water partition coefficient (Wildman–Crippen LogP) is 5.26. The highest BCUT2D eigenvalue weighted by Gasteiger charge is 1.97. The Balaban J connectivity index is 1.76. The van der Waals surface area contributed by atoms with Crippen LogP contribution in [0, 0.1) is 0 Å². The summed E-state index contributed by atoms with van der Waals surface area (Å²) in [6.45, 7) is 0. The molecular weight excluding hydrogens is 256 g/mol. The van der Waals surface area contributed by atoms with Crippen LogP contribution in [0.4, 0.5) is 0 Å². The third-order valence-corrected chi connectivity index (χ3v) is 6.73. The summed E-state index contributed by atoms with van der Waals surface area (Å²) < 4.78 is 0. The Morgan fingerprint density at radius 1 is 0.846 bits per heavy atom. The molecule has 2 heterocycles. The SMILES string of the molecule is c1cc(SSSc2ccsc2)cs1. The topological polar surface area (TPSA) is 0 Å². The van der Waals surface area contributed by atoms with Crippen LogP contribution in [0.2, 0.25) is 0 Å². The Morgan fingerprint density at radius 2 is 1.38 bits per heavy atom. The highest BCUT2D eigenvalue weighted by atomic mass is 33.5. The van der Waals surface area contributed by atoms with Crippen LogP contribution in [0.1, 0.15) is 0 Å². The second-order valence-electron chi connectivity index (χ2n) is 2.15. The molecule has 68 valence electrons. The Kier molecular flexibility index (Phi) is 4.12. The van der Waals surface area contributed by atoms with Crippen LogP contribution in [0.3, 0.4) is 0 Å². The maximum Gasteiger partial charge on any atom is 0.0298 e. The Labute approximate surface area is 96.9 Å². The maximum absolute atomic E-state index is 2.17. The summed E-state index contributed by atoms with van der Waals surface area (Å²) in [6.07, 6.45) is 0. The van der Waals surface area contributed by atoms with E-state index in [1.54, 1.807) is 22.7 Å². The van der Waals surface area contributed by atoms with Gasteiger partial charge in [0.2, 0.25) is 0 Å². The molecule has 0 unspecified atom stereocenters. The van der Waals surface area contributed by atoms with Gasteiger partial charge in [-0.1, -0.05) is 0 Å². The van der Waals surface area contributed by atoms with Crippen molar-refractivity contribution in [1.82, 2.24) is 0 Å². The summed E-state index contributed by atoms with van der Waals surface area (Å²) in [5, 5.41) is 8.56. The summed E-state index contributed by atoms with van der Waals surface area (Å²) in [7, 11) is 5.46. The van der Waals surface area contributed by atoms with Crippen LogP contribution in [-0.2, 0) is 0 Å². The third kappa shape index (κ3) is 3.25. The van der Waals surface area contributed by atoms with Crippen molar-refractivity contribution >= 4 is 54.1 Å². The van der Waals surface area contributed by atoms with Gasteiger partial charge in [0, 0.05) is 20.6 Å². The Hall–Kier alpha value is 0.450. The quantitative estimate of drug-likeness (QED) is 0.690. The van der Waals surface area contributed by atoms with Crippen molar-refractivity contribution < 1.29 is 0 Å². The number of rotatable bonds is 4. The van der Waals surface area contributed by atoms with Gasteiger partial charge < -0.3 is 0 Å². The summed E-state index contributed by atoms with van der Waals surface area (Å²) in [6, 6.07) is 4.30. The van der Waals surface area contributed by atoms with Crippen molar-refractivity contribution in [3.63, 3.8) is 0 Å². The molecule has 0 saturated carbocycles. The van der Waals surface area contributed by atoms with Gasteiger partial charge in [0.15, 0.2) is 0 Å². The molecular formula is C8H6S5. The second kappa shape index (κ2) is 5.36. The van der Waals surface area contributed by atoms with Crippen molar-refractivity contribution in [1.29, 1.82) is 0 Å². The summed E-state index contributed by atoms with van der Waals surface area (Å²) in [5.41, 5.74) is 0. The largest absolute Gasteiger partial charge is 0.151 e. The minimum absolute atomic E-state index is 1.35. The molecule has 2 rings (SSSR count). The van der Waals surface area contributed by atoms with Gasteiger partial charge in [0.25, 0.3) is 0 Å². The molecule has 0 atom stereocenters. The third-order valence-electron chi connectivity index (χ3n) is 1.25. The van der Waals surface area contributed by atoms with E-state index in [4.69, 9.17) is 0 Å². The fourth-order valence-electron chi connectivity index (χ4n) is 0.694. The lowest BCUT2D eigenvalue weighted by Gasteiger charge is -1.94. The van der Waals surface area contributed by atoms with Crippen molar-refractivity contribution in [3.05, 3.63) is 33.7 Å². The lowest BCUT2D eigenvalue weighted by atomic mass is 10.7. The molecule has 0 aliphatic heterocycles. The second-order valence-corrected chi connectivity index (χ2v) is 7.76. The first-order valence-corrected chi connectivity index (χ1v) is 8.87. The lowest BCUT2D eigenvalue weighted by molar-refractivity contribution is 1.61. The maximum atomic E-state index is 2.17. The molecule has 0 radical (unpaired) electrons. The van der Waals surface area contributed by atoms with Crippen LogP contribution in [0.25, 0.3) is 0 Å². The molecule has 0 aliphatic rings. The first kappa shape index (κ1) is 9.98. The molecule has 0 fully saturated rings. The summed E-state index contributed by atoms with van der Waals surface area (Å²) >= 11 is 3.49. The van der Waals surface area contributed by atoms with Gasteiger partial charge in [0.05, 0.1) is 0 Å². The molecule has 0 aromatic carbocycles. The minimum Gasteiger partial charge on any atom is -0.151 e. The van der Waals surface area contributed by atoms with Gasteiger partial charge in [-0.3, -0.25) is 0 Å². The van der Waals surface area contributed by atoms with E-state index in [1.807, 2.05) is 31.4 Å². The van der Waals surface area contributed by atoms with E-state index in [0.29, 0.717) is 0 Å². The van der Waals surface area contributed by atoms with Crippen molar-refractivity contribution in [2.75, 3.05) is 0 Å². The van der Waals surface area contributed by atoms with Gasteiger partial charge in [-0.25, -0.2) is 0 Å². The van der Waals surface area contributed by atoms with Crippen molar-refractivity contribution in [3.8, 4) is 0 Å². The zero-order valence-corrected chi connectivity index (χ0v) is 10.6. The zero-order valence-electron chi connectivity index (χ0n) is 6.51. The highest BCUT2D eigenvalue weighted by Crippen LogP contribution is 2.45. The van der Waals surface area contributed by atoms with E-state index in [0.717, 1.165) is 0 Å². The molecule has 5 heteroatoms. The first-order valence-electron chi connectivity index (χ1n) is 3.51. The molecule has 0 aliphatic carbocycles. The molecule has 2 aromatic rings. The van der Waals surface area contributed by atoms with Gasteiger partial charge >= 0.3 is 0 Å². The first-order chi connectivity index (χ1) is 6.45. The Morgan fingerprint density at radius 3 is 1.77 bits per heavy atom. The van der Waals surface area contributed by atoms with Gasteiger partial charge in [-0.2, -0.15) is 22.7 Å². The van der Waals surface area contributed by atoms with Gasteiger partial charge in [0.1, 0.15) is 0 Å². The lowest BCUT2D eigenvalue weighted by Crippen LogP contribution is -1.53. The summed E-state index contributed by atoms with van der Waals surface area (Å²) in [4.78, 5) is 2.69. The summed E-state index contributed by atoms with van der Waals surface area (Å²) in [5.74, 6) is 0. The average Bonchev–Trinajstić information content (AvgIpc) is 2.75. The predicted molar refractivity (Wildman–Crippen MR) is 67.9 cm³/mol. The molecule has 0 amide bonds. The van der Waals surface area contributed by atoms with Crippen molar-refractivity contribution in [2.45, 2.75) is 9.79 Å². The number of hydrogen-bond acceptors (Lipinski definition) is 5. The normalized spacial score (nSPS) is 10.5. The molecule has 13 heavy (non-hydrogen) atoms. The minimum atomic E-state index is 1.35. The smallest absolute Gasteiger partial charge is 0.0298 e. The standard InChI is InChI=1S/C8H6S5/c1-3-9-5-7(1)11-13-12-8-2-4-10-6-8/h1-6H. The van der Waals surface area contributed by atoms with Crippen LogP contribution in [-0.4, -0.2) is 0 Å². The van der Waals surface area contributed by atoms with E-state index in [1.165, 1.54) is 9.79 Å². The molecule has 0 N–H and O–H groups in total. The molecule has 2 aromatic heterocycles. The average molecular weight is 262 g/mol. The van der Waals surface area contributed by atoms with Crippen LogP contribution in [0.15, 0.2) is 43.4 Å². The van der Waals surface area contributed by atoms with Crippen LogP contribution in [0.5, 0.6) is 0 Å². The number of hydrogen-bond donors (Lipinski definition) is 0. The molecule has 0 nitrogen and oxygen atoms in total. The molecule has 0 spiro atoms. The Bertz CT molecular complexity index is 289. The van der Waals surface area contributed by atoms with E-state index < -0.39 is 0 Å². The van der Waals surface area contributed by atoms with Crippen LogP contribution >= 0.6 is 54.1 Å². The highest BCUT2D eigenvalue weighted by molar-refractivity contribution is 9.09. The van der Waals surface area contributed by atoms with Gasteiger partial charge in [-0.05, 0) is 54.3 Å².